The number of esters is 2. The van der Waals surface area contributed by atoms with Gasteiger partial charge in [-0.15, -0.1) is 0 Å². The minimum Gasteiger partial charge on any atom is -0.469 e. The number of methoxy groups -OCH3 is 2. The van der Waals surface area contributed by atoms with Gasteiger partial charge < -0.3 is 29.9 Å². The van der Waals surface area contributed by atoms with Gasteiger partial charge in [-0.05, 0) is 39.0 Å². The highest BCUT2D eigenvalue weighted by atomic mass is 16.5. The van der Waals surface area contributed by atoms with E-state index >= 15 is 0 Å². The van der Waals surface area contributed by atoms with Gasteiger partial charge in [-0.25, -0.2) is 0 Å². The van der Waals surface area contributed by atoms with Gasteiger partial charge in [0.05, 0.1) is 27.1 Å². The van der Waals surface area contributed by atoms with Crippen molar-refractivity contribution in [3.63, 3.8) is 0 Å². The van der Waals surface area contributed by atoms with E-state index in [-0.39, 0.29) is 11.9 Å². The maximum atomic E-state index is 11.4. The lowest BCUT2D eigenvalue weighted by molar-refractivity contribution is -0.141. The molecule has 26 heavy (non-hydrogen) atoms. The van der Waals surface area contributed by atoms with Gasteiger partial charge in [0.2, 0.25) is 0 Å². The van der Waals surface area contributed by atoms with Crippen LogP contribution in [-0.4, -0.2) is 106 Å². The zero-order valence-corrected chi connectivity index (χ0v) is 16.5. The fourth-order valence-corrected chi connectivity index (χ4v) is 3.11. The third kappa shape index (κ3) is 10.1. The number of hydrogen-bond donors (Lipinski definition) is 1. The lowest BCUT2D eigenvalue weighted by Gasteiger charge is -2.35. The molecule has 1 aliphatic rings. The average molecular weight is 373 g/mol. The van der Waals surface area contributed by atoms with E-state index in [1.807, 2.05) is 0 Å². The molecule has 0 aromatic heterocycles. The van der Waals surface area contributed by atoms with Gasteiger partial charge >= 0.3 is 11.9 Å². The zero-order valence-electron chi connectivity index (χ0n) is 16.5. The maximum Gasteiger partial charge on any atom is 0.306 e. The molecule has 0 unspecified atom stereocenters. The second kappa shape index (κ2) is 13.9. The van der Waals surface area contributed by atoms with Crippen molar-refractivity contribution in [2.24, 2.45) is 5.73 Å². The molecule has 0 bridgehead atoms. The first-order valence-electron chi connectivity index (χ1n) is 9.59. The molecule has 0 aliphatic carbocycles. The Hall–Kier alpha value is -1.22. The van der Waals surface area contributed by atoms with Gasteiger partial charge in [0.1, 0.15) is 0 Å². The van der Waals surface area contributed by atoms with E-state index in [1.165, 1.54) is 14.2 Å². The first-order chi connectivity index (χ1) is 12.6. The lowest BCUT2D eigenvalue weighted by atomic mass is 10.2. The SMILES string of the molecule is COC(=O)CCN(CCCN1CCN(CCCN)CC1)CCC(=O)OC. The largest absolute Gasteiger partial charge is 0.469 e. The first kappa shape index (κ1) is 22.8. The molecule has 0 aromatic carbocycles. The number of hydrogen-bond acceptors (Lipinski definition) is 8. The van der Waals surface area contributed by atoms with Crippen LogP contribution in [0.15, 0.2) is 0 Å². The highest BCUT2D eigenvalue weighted by molar-refractivity contribution is 5.70. The van der Waals surface area contributed by atoms with E-state index < -0.39 is 0 Å². The number of carbonyl (C=O) groups excluding carboxylic acids is 2. The van der Waals surface area contributed by atoms with Crippen LogP contribution >= 0.6 is 0 Å². The van der Waals surface area contributed by atoms with Crippen LogP contribution in [0.4, 0.5) is 0 Å². The van der Waals surface area contributed by atoms with Crippen molar-refractivity contribution in [2.45, 2.75) is 25.7 Å². The van der Waals surface area contributed by atoms with Crippen LogP contribution in [0.5, 0.6) is 0 Å². The highest BCUT2D eigenvalue weighted by Crippen LogP contribution is 2.05. The van der Waals surface area contributed by atoms with Crippen LogP contribution in [0, 0.1) is 0 Å². The summed E-state index contributed by atoms with van der Waals surface area (Å²) in [5.41, 5.74) is 5.57. The molecule has 152 valence electrons. The van der Waals surface area contributed by atoms with E-state index in [1.54, 1.807) is 0 Å². The van der Waals surface area contributed by atoms with Crippen LogP contribution in [-0.2, 0) is 19.1 Å². The number of piperazine rings is 1. The normalized spacial score (nSPS) is 16.0. The summed E-state index contributed by atoms with van der Waals surface area (Å²) >= 11 is 0. The number of nitrogens with two attached hydrogens (primary N) is 1. The molecule has 8 heteroatoms. The second-order valence-electron chi connectivity index (χ2n) is 6.67. The molecular weight excluding hydrogens is 336 g/mol. The molecule has 1 saturated heterocycles. The zero-order chi connectivity index (χ0) is 19.2. The quantitative estimate of drug-likeness (QED) is 0.444. The molecule has 0 atom stereocenters. The van der Waals surface area contributed by atoms with E-state index in [0.717, 1.165) is 65.2 Å². The second-order valence-corrected chi connectivity index (χ2v) is 6.67. The Morgan fingerprint density at radius 1 is 0.846 bits per heavy atom. The number of carbonyl (C=O) groups is 2. The third-order valence-electron chi connectivity index (χ3n) is 4.81. The number of ether oxygens (including phenoxy) is 2. The van der Waals surface area contributed by atoms with Crippen LogP contribution < -0.4 is 5.73 Å². The van der Waals surface area contributed by atoms with Gasteiger partial charge in [0.25, 0.3) is 0 Å². The van der Waals surface area contributed by atoms with E-state index in [4.69, 9.17) is 15.2 Å². The topological polar surface area (TPSA) is 88.3 Å². The summed E-state index contributed by atoms with van der Waals surface area (Å²) in [6.07, 6.45) is 2.77. The molecule has 0 radical (unpaired) electrons. The summed E-state index contributed by atoms with van der Waals surface area (Å²) in [4.78, 5) is 29.9. The fourth-order valence-electron chi connectivity index (χ4n) is 3.11. The number of rotatable bonds is 13. The van der Waals surface area contributed by atoms with Crippen LogP contribution in [0.25, 0.3) is 0 Å². The molecule has 0 amide bonds. The van der Waals surface area contributed by atoms with Crippen molar-refractivity contribution in [1.82, 2.24) is 14.7 Å². The minimum atomic E-state index is -0.221. The summed E-state index contributed by atoms with van der Waals surface area (Å²) in [5, 5.41) is 0. The van der Waals surface area contributed by atoms with Gasteiger partial charge in [-0.2, -0.15) is 0 Å². The van der Waals surface area contributed by atoms with Gasteiger partial charge in [0, 0.05) is 39.3 Å². The predicted octanol–water partition coefficient (Wildman–Crippen LogP) is -0.229. The number of nitrogens with zero attached hydrogens (tertiary/aromatic N) is 3. The van der Waals surface area contributed by atoms with Crippen molar-refractivity contribution in [3.8, 4) is 0 Å². The monoisotopic (exact) mass is 372 g/mol. The van der Waals surface area contributed by atoms with Gasteiger partial charge in [0.15, 0.2) is 0 Å². The molecular formula is C18H36N4O4. The highest BCUT2D eigenvalue weighted by Gasteiger charge is 2.17. The minimum absolute atomic E-state index is 0.221. The van der Waals surface area contributed by atoms with Crippen molar-refractivity contribution in [2.75, 3.05) is 79.7 Å². The Labute approximate surface area is 157 Å². The van der Waals surface area contributed by atoms with Crippen molar-refractivity contribution >= 4 is 11.9 Å². The van der Waals surface area contributed by atoms with Crippen molar-refractivity contribution in [1.29, 1.82) is 0 Å². The standard InChI is InChI=1S/C18H36N4O4/c1-25-17(23)5-11-20(12-6-18(24)26-2)9-4-10-22-15-13-21(14-16-22)8-3-7-19/h3-16,19H2,1-2H3. The predicted molar refractivity (Wildman–Crippen MR) is 101 cm³/mol. The molecule has 1 fully saturated rings. The molecule has 2 N–H and O–H groups in total. The van der Waals surface area contributed by atoms with Gasteiger partial charge in [-0.3, -0.25) is 9.59 Å². The summed E-state index contributed by atoms with van der Waals surface area (Å²) in [5.74, 6) is -0.441. The Morgan fingerprint density at radius 2 is 1.31 bits per heavy atom. The Kier molecular flexibility index (Phi) is 12.2. The molecule has 1 rings (SSSR count). The van der Waals surface area contributed by atoms with Crippen molar-refractivity contribution < 1.29 is 19.1 Å². The summed E-state index contributed by atoms with van der Waals surface area (Å²) in [6, 6.07) is 0. The molecule has 8 nitrogen and oxygen atoms in total. The smallest absolute Gasteiger partial charge is 0.306 e. The molecule has 1 aliphatic heterocycles. The Bertz CT molecular complexity index is 381. The summed E-state index contributed by atoms with van der Waals surface area (Å²) in [6.45, 7) is 9.37. The molecule has 0 aromatic rings. The average Bonchev–Trinajstić information content (AvgIpc) is 2.68. The van der Waals surface area contributed by atoms with E-state index in [0.29, 0.717) is 25.9 Å². The Balaban J connectivity index is 2.26. The molecule has 1 heterocycles. The van der Waals surface area contributed by atoms with Crippen LogP contribution in [0.2, 0.25) is 0 Å². The van der Waals surface area contributed by atoms with E-state index in [9.17, 15) is 9.59 Å². The van der Waals surface area contributed by atoms with Crippen LogP contribution in [0.3, 0.4) is 0 Å². The molecule has 0 saturated carbocycles. The maximum absolute atomic E-state index is 11.4. The third-order valence-corrected chi connectivity index (χ3v) is 4.81. The lowest BCUT2D eigenvalue weighted by Crippen LogP contribution is -2.47. The van der Waals surface area contributed by atoms with Crippen LogP contribution in [0.1, 0.15) is 25.7 Å². The molecule has 0 spiro atoms. The van der Waals surface area contributed by atoms with Crippen molar-refractivity contribution in [3.05, 3.63) is 0 Å². The summed E-state index contributed by atoms with van der Waals surface area (Å²) < 4.78 is 9.41. The Morgan fingerprint density at radius 3 is 1.73 bits per heavy atom. The van der Waals surface area contributed by atoms with E-state index in [2.05, 4.69) is 14.7 Å². The first-order valence-corrected chi connectivity index (χ1v) is 9.59. The summed E-state index contributed by atoms with van der Waals surface area (Å²) in [7, 11) is 2.79. The fraction of sp³-hybridized carbons (Fsp3) is 0.889. The van der Waals surface area contributed by atoms with Gasteiger partial charge in [-0.1, -0.05) is 0 Å².